The summed E-state index contributed by atoms with van der Waals surface area (Å²) in [4.78, 5) is 27.8. The van der Waals surface area contributed by atoms with Crippen LogP contribution in [0.2, 0.25) is 0 Å². The van der Waals surface area contributed by atoms with Crippen LogP contribution in [0.1, 0.15) is 64.7 Å². The lowest BCUT2D eigenvalue weighted by Crippen LogP contribution is -2.52. The van der Waals surface area contributed by atoms with Crippen molar-refractivity contribution >= 4 is 11.9 Å². The third kappa shape index (κ3) is 5.20. The Hall–Kier alpha value is -1.10. The molecular weight excluding hydrogens is 292 g/mol. The van der Waals surface area contributed by atoms with Crippen molar-refractivity contribution in [3.8, 4) is 0 Å². The van der Waals surface area contributed by atoms with Crippen LogP contribution in [-0.2, 0) is 9.59 Å². The zero-order valence-electron chi connectivity index (χ0n) is 14.7. The minimum Gasteiger partial charge on any atom is -0.481 e. The first-order valence-corrected chi connectivity index (χ1v) is 9.21. The monoisotopic (exact) mass is 324 g/mol. The van der Waals surface area contributed by atoms with Crippen LogP contribution in [0, 0.1) is 5.92 Å². The van der Waals surface area contributed by atoms with E-state index < -0.39 is 5.97 Å². The zero-order chi connectivity index (χ0) is 16.8. The van der Waals surface area contributed by atoms with Crippen LogP contribution in [0.4, 0.5) is 0 Å². The van der Waals surface area contributed by atoms with Gasteiger partial charge in [0.15, 0.2) is 0 Å². The fourth-order valence-electron chi connectivity index (χ4n) is 4.11. The summed E-state index contributed by atoms with van der Waals surface area (Å²) < 4.78 is 0. The van der Waals surface area contributed by atoms with Crippen LogP contribution in [-0.4, -0.2) is 59.0 Å². The van der Waals surface area contributed by atoms with Crippen molar-refractivity contribution in [2.75, 3.05) is 20.1 Å². The van der Waals surface area contributed by atoms with Crippen LogP contribution in [0.5, 0.6) is 0 Å². The molecule has 0 aromatic heterocycles. The van der Waals surface area contributed by atoms with Crippen molar-refractivity contribution in [2.24, 2.45) is 5.92 Å². The van der Waals surface area contributed by atoms with Crippen LogP contribution in [0.3, 0.4) is 0 Å². The number of carbonyl (C=O) groups is 2. The normalized spacial score (nSPS) is 25.0. The van der Waals surface area contributed by atoms with Gasteiger partial charge in [0.05, 0.1) is 6.04 Å². The molecule has 1 aliphatic heterocycles. The van der Waals surface area contributed by atoms with Gasteiger partial charge < -0.3 is 10.0 Å². The Bertz CT molecular complexity index is 407. The van der Waals surface area contributed by atoms with Crippen molar-refractivity contribution in [1.29, 1.82) is 0 Å². The Morgan fingerprint density at radius 1 is 1.17 bits per heavy atom. The van der Waals surface area contributed by atoms with E-state index in [0.717, 1.165) is 45.2 Å². The van der Waals surface area contributed by atoms with Gasteiger partial charge in [0, 0.05) is 26.1 Å². The first-order valence-electron chi connectivity index (χ1n) is 9.21. The molecule has 1 aliphatic carbocycles. The summed E-state index contributed by atoms with van der Waals surface area (Å²) in [5, 5.41) is 8.85. The average Bonchev–Trinajstić information content (AvgIpc) is 2.59. The zero-order valence-corrected chi connectivity index (χ0v) is 14.7. The van der Waals surface area contributed by atoms with Crippen LogP contribution >= 0.6 is 0 Å². The summed E-state index contributed by atoms with van der Waals surface area (Å²) in [6, 6.07) is 0.320. The smallest absolute Gasteiger partial charge is 0.303 e. The first kappa shape index (κ1) is 18.2. The molecule has 1 saturated heterocycles. The van der Waals surface area contributed by atoms with Gasteiger partial charge >= 0.3 is 5.97 Å². The predicted molar refractivity (Wildman–Crippen MR) is 90.3 cm³/mol. The Labute approximate surface area is 140 Å². The van der Waals surface area contributed by atoms with Gasteiger partial charge in [-0.05, 0) is 51.5 Å². The number of carboxylic acids is 1. The molecule has 5 nitrogen and oxygen atoms in total. The van der Waals surface area contributed by atoms with Gasteiger partial charge in [-0.2, -0.15) is 0 Å². The molecule has 0 spiro atoms. The van der Waals surface area contributed by atoms with Gasteiger partial charge in [-0.1, -0.05) is 19.3 Å². The molecule has 23 heavy (non-hydrogen) atoms. The third-order valence-electron chi connectivity index (χ3n) is 5.69. The molecule has 2 aliphatic rings. The van der Waals surface area contributed by atoms with E-state index in [1.165, 1.54) is 19.3 Å². The average molecular weight is 324 g/mol. The van der Waals surface area contributed by atoms with Crippen molar-refractivity contribution in [3.63, 3.8) is 0 Å². The molecule has 0 aromatic carbocycles. The lowest BCUT2D eigenvalue weighted by atomic mass is 9.92. The van der Waals surface area contributed by atoms with E-state index in [4.69, 9.17) is 5.11 Å². The summed E-state index contributed by atoms with van der Waals surface area (Å²) in [6.45, 7) is 3.83. The van der Waals surface area contributed by atoms with E-state index in [-0.39, 0.29) is 18.4 Å². The van der Waals surface area contributed by atoms with Crippen molar-refractivity contribution in [2.45, 2.75) is 76.8 Å². The number of aliphatic carboxylic acids is 1. The second-order valence-electron chi connectivity index (χ2n) is 7.35. The van der Waals surface area contributed by atoms with Gasteiger partial charge in [0.2, 0.25) is 5.91 Å². The van der Waals surface area contributed by atoms with Crippen LogP contribution in [0.15, 0.2) is 0 Å². The Balaban J connectivity index is 1.86. The first-order chi connectivity index (χ1) is 11.0. The number of likely N-dealkylation sites (tertiary alicyclic amines) is 1. The highest BCUT2D eigenvalue weighted by atomic mass is 16.4. The summed E-state index contributed by atoms with van der Waals surface area (Å²) in [6.07, 6.45) is 9.15. The van der Waals surface area contributed by atoms with Gasteiger partial charge in [-0.3, -0.25) is 14.5 Å². The topological polar surface area (TPSA) is 60.9 Å². The quantitative estimate of drug-likeness (QED) is 0.816. The van der Waals surface area contributed by atoms with Crippen LogP contribution < -0.4 is 0 Å². The molecule has 1 N–H and O–H groups in total. The van der Waals surface area contributed by atoms with Crippen molar-refractivity contribution < 1.29 is 14.7 Å². The summed E-state index contributed by atoms with van der Waals surface area (Å²) in [5.74, 6) is -0.0749. The molecule has 2 atom stereocenters. The Morgan fingerprint density at radius 3 is 2.52 bits per heavy atom. The van der Waals surface area contributed by atoms with Crippen LogP contribution in [0.25, 0.3) is 0 Å². The van der Waals surface area contributed by atoms with E-state index in [1.807, 2.05) is 18.9 Å². The highest BCUT2D eigenvalue weighted by molar-refractivity contribution is 5.81. The molecule has 0 aromatic rings. The fraction of sp³-hybridized carbons (Fsp3) is 0.889. The van der Waals surface area contributed by atoms with E-state index in [1.54, 1.807) is 0 Å². The minimum atomic E-state index is -0.719. The summed E-state index contributed by atoms with van der Waals surface area (Å²) in [5.41, 5.74) is 0. The number of carbonyl (C=O) groups excluding carboxylic acids is 1. The SMILES string of the molecule is CC(C(=O)N(C)C1CCCCC1)N1CCCC(CCC(=O)O)C1. The maximum Gasteiger partial charge on any atom is 0.303 e. The minimum absolute atomic E-state index is 0.0884. The summed E-state index contributed by atoms with van der Waals surface area (Å²) >= 11 is 0. The lowest BCUT2D eigenvalue weighted by molar-refractivity contribution is -0.140. The molecule has 5 heteroatoms. The molecule has 2 unspecified atom stereocenters. The fourth-order valence-corrected chi connectivity index (χ4v) is 4.11. The second-order valence-corrected chi connectivity index (χ2v) is 7.35. The maximum atomic E-state index is 12.8. The predicted octanol–water partition coefficient (Wildman–Crippen LogP) is 2.74. The maximum absolute atomic E-state index is 12.8. The standard InChI is InChI=1S/C18H32N2O3/c1-14(18(23)19(2)16-8-4-3-5-9-16)20-12-6-7-15(13-20)10-11-17(21)22/h14-16H,3-13H2,1-2H3,(H,21,22). The van der Waals surface area contributed by atoms with Crippen molar-refractivity contribution in [1.82, 2.24) is 9.80 Å². The molecule has 1 amide bonds. The highest BCUT2D eigenvalue weighted by Gasteiger charge is 2.31. The number of nitrogens with zero attached hydrogens (tertiary/aromatic N) is 2. The molecule has 2 rings (SSSR count). The van der Waals surface area contributed by atoms with Gasteiger partial charge in [-0.15, -0.1) is 0 Å². The van der Waals surface area contributed by atoms with E-state index in [2.05, 4.69) is 4.90 Å². The molecule has 1 heterocycles. The van der Waals surface area contributed by atoms with E-state index in [0.29, 0.717) is 12.0 Å². The van der Waals surface area contributed by atoms with Gasteiger partial charge in [0.25, 0.3) is 0 Å². The molecular formula is C18H32N2O3. The molecule has 0 radical (unpaired) electrons. The highest BCUT2D eigenvalue weighted by Crippen LogP contribution is 2.25. The number of likely N-dealkylation sites (N-methyl/N-ethyl adjacent to an activating group) is 1. The van der Waals surface area contributed by atoms with Crippen molar-refractivity contribution in [3.05, 3.63) is 0 Å². The largest absolute Gasteiger partial charge is 0.481 e. The Morgan fingerprint density at radius 2 is 1.87 bits per heavy atom. The number of amides is 1. The van der Waals surface area contributed by atoms with Gasteiger partial charge in [0.1, 0.15) is 0 Å². The molecule has 132 valence electrons. The number of piperidine rings is 1. The number of hydrogen-bond donors (Lipinski definition) is 1. The van der Waals surface area contributed by atoms with Gasteiger partial charge in [-0.25, -0.2) is 0 Å². The van der Waals surface area contributed by atoms with E-state index >= 15 is 0 Å². The number of carboxylic acid groups (broad SMARTS) is 1. The number of rotatable bonds is 6. The molecule has 0 bridgehead atoms. The lowest BCUT2D eigenvalue weighted by Gasteiger charge is -2.39. The molecule has 1 saturated carbocycles. The molecule has 2 fully saturated rings. The number of hydrogen-bond acceptors (Lipinski definition) is 3. The summed E-state index contributed by atoms with van der Waals surface area (Å²) in [7, 11) is 1.96. The Kier molecular flexibility index (Phi) is 6.88. The third-order valence-corrected chi connectivity index (χ3v) is 5.69. The van der Waals surface area contributed by atoms with E-state index in [9.17, 15) is 9.59 Å². The second kappa shape index (κ2) is 8.67.